The maximum atomic E-state index is 12.8. The minimum Gasteiger partial charge on any atom is -0.497 e. The number of carbonyl (C=O) groups excluding carboxylic acids is 1. The predicted octanol–water partition coefficient (Wildman–Crippen LogP) is 3.12. The summed E-state index contributed by atoms with van der Waals surface area (Å²) in [5.74, 6) is 0.912. The number of piperazine rings is 1. The van der Waals surface area contributed by atoms with Crippen molar-refractivity contribution in [2.45, 2.75) is 25.4 Å². The SMILES string of the molecule is COc1ccc(C(=O)N2CCN(C3CCN(Cc4ccccc4)CC3)CC2)cc1. The average Bonchev–Trinajstić information content (AvgIpc) is 2.80. The normalized spacial score (nSPS) is 19.3. The molecular formula is C24H31N3O2. The number of likely N-dealkylation sites (tertiary alicyclic amines) is 1. The van der Waals surface area contributed by atoms with Crippen LogP contribution in [0, 0.1) is 0 Å². The van der Waals surface area contributed by atoms with E-state index in [-0.39, 0.29) is 5.91 Å². The van der Waals surface area contributed by atoms with Gasteiger partial charge in [-0.1, -0.05) is 30.3 Å². The van der Waals surface area contributed by atoms with Gasteiger partial charge in [0.05, 0.1) is 7.11 Å². The van der Waals surface area contributed by atoms with E-state index in [4.69, 9.17) is 4.74 Å². The molecule has 4 rings (SSSR count). The molecule has 0 aromatic heterocycles. The first-order chi connectivity index (χ1) is 14.2. The quantitative estimate of drug-likeness (QED) is 0.782. The second kappa shape index (κ2) is 9.42. The Bertz CT molecular complexity index is 778. The molecule has 0 spiro atoms. The van der Waals surface area contributed by atoms with Crippen molar-refractivity contribution in [1.82, 2.24) is 14.7 Å². The number of methoxy groups -OCH3 is 1. The molecule has 0 bridgehead atoms. The summed E-state index contributed by atoms with van der Waals surface area (Å²) in [6.45, 7) is 6.95. The topological polar surface area (TPSA) is 36.0 Å². The maximum Gasteiger partial charge on any atom is 0.253 e. The molecule has 0 aliphatic carbocycles. The molecule has 0 unspecified atom stereocenters. The van der Waals surface area contributed by atoms with Crippen LogP contribution in [0.5, 0.6) is 5.75 Å². The Morgan fingerprint density at radius 1 is 0.897 bits per heavy atom. The van der Waals surface area contributed by atoms with Crippen LogP contribution in [0.4, 0.5) is 0 Å². The van der Waals surface area contributed by atoms with Crippen LogP contribution in [0.15, 0.2) is 54.6 Å². The largest absolute Gasteiger partial charge is 0.497 e. The van der Waals surface area contributed by atoms with Gasteiger partial charge in [0.1, 0.15) is 5.75 Å². The van der Waals surface area contributed by atoms with Gasteiger partial charge in [-0.3, -0.25) is 14.6 Å². The summed E-state index contributed by atoms with van der Waals surface area (Å²) < 4.78 is 5.18. The molecule has 2 aliphatic rings. The highest BCUT2D eigenvalue weighted by molar-refractivity contribution is 5.94. The highest BCUT2D eigenvalue weighted by Crippen LogP contribution is 2.21. The van der Waals surface area contributed by atoms with Crippen molar-refractivity contribution in [3.8, 4) is 5.75 Å². The predicted molar refractivity (Wildman–Crippen MR) is 115 cm³/mol. The number of benzene rings is 2. The molecule has 0 radical (unpaired) electrons. The Balaban J connectivity index is 1.23. The van der Waals surface area contributed by atoms with Gasteiger partial charge in [-0.05, 0) is 55.8 Å². The molecule has 154 valence electrons. The lowest BCUT2D eigenvalue weighted by Gasteiger charge is -2.42. The Labute approximate surface area is 173 Å². The van der Waals surface area contributed by atoms with Gasteiger partial charge in [-0.15, -0.1) is 0 Å². The van der Waals surface area contributed by atoms with Crippen molar-refractivity contribution >= 4 is 5.91 Å². The Hall–Kier alpha value is -2.37. The molecule has 0 atom stereocenters. The Morgan fingerprint density at radius 3 is 2.17 bits per heavy atom. The van der Waals surface area contributed by atoms with Gasteiger partial charge >= 0.3 is 0 Å². The number of ether oxygens (including phenoxy) is 1. The fourth-order valence-electron chi connectivity index (χ4n) is 4.49. The van der Waals surface area contributed by atoms with Gasteiger partial charge in [0.25, 0.3) is 5.91 Å². The number of nitrogens with zero attached hydrogens (tertiary/aromatic N) is 3. The highest BCUT2D eigenvalue weighted by Gasteiger charge is 2.29. The highest BCUT2D eigenvalue weighted by atomic mass is 16.5. The molecule has 2 saturated heterocycles. The summed E-state index contributed by atoms with van der Waals surface area (Å²) in [4.78, 5) is 19.9. The lowest BCUT2D eigenvalue weighted by molar-refractivity contribution is 0.0445. The summed E-state index contributed by atoms with van der Waals surface area (Å²) in [5, 5.41) is 0. The van der Waals surface area contributed by atoms with E-state index in [0.717, 1.165) is 57.1 Å². The molecule has 2 aromatic rings. The van der Waals surface area contributed by atoms with E-state index >= 15 is 0 Å². The van der Waals surface area contributed by atoms with Gasteiger partial charge < -0.3 is 9.64 Å². The second-order valence-electron chi connectivity index (χ2n) is 8.05. The number of amides is 1. The van der Waals surface area contributed by atoms with Crippen molar-refractivity contribution < 1.29 is 9.53 Å². The molecule has 1 amide bonds. The standard InChI is InChI=1S/C24H31N3O2/c1-29-23-9-7-21(8-10-23)24(28)27-17-15-26(16-18-27)22-11-13-25(14-12-22)19-20-5-3-2-4-6-20/h2-10,22H,11-19H2,1H3. The van der Waals surface area contributed by atoms with E-state index in [1.807, 2.05) is 29.2 Å². The summed E-state index contributed by atoms with van der Waals surface area (Å²) in [5.41, 5.74) is 2.14. The maximum absolute atomic E-state index is 12.8. The van der Waals surface area contributed by atoms with E-state index in [1.165, 1.54) is 18.4 Å². The van der Waals surface area contributed by atoms with Crippen molar-refractivity contribution in [2.75, 3.05) is 46.4 Å². The summed E-state index contributed by atoms with van der Waals surface area (Å²) in [7, 11) is 1.64. The lowest BCUT2D eigenvalue weighted by Crippen LogP contribution is -2.54. The van der Waals surface area contributed by atoms with Crippen LogP contribution in [0.25, 0.3) is 0 Å². The molecule has 0 saturated carbocycles. The van der Waals surface area contributed by atoms with Crippen LogP contribution < -0.4 is 4.74 Å². The lowest BCUT2D eigenvalue weighted by atomic mass is 10.0. The first kappa shape index (κ1) is 19.9. The van der Waals surface area contributed by atoms with Crippen LogP contribution >= 0.6 is 0 Å². The number of hydrogen-bond donors (Lipinski definition) is 0. The number of piperidine rings is 1. The first-order valence-electron chi connectivity index (χ1n) is 10.7. The third kappa shape index (κ3) is 4.98. The van der Waals surface area contributed by atoms with Gasteiger partial charge in [0.2, 0.25) is 0 Å². The molecule has 0 N–H and O–H groups in total. The molecule has 2 heterocycles. The van der Waals surface area contributed by atoms with Gasteiger partial charge in [-0.25, -0.2) is 0 Å². The zero-order chi connectivity index (χ0) is 20.1. The van der Waals surface area contributed by atoms with E-state index in [1.54, 1.807) is 7.11 Å². The Kier molecular flexibility index (Phi) is 6.47. The minimum absolute atomic E-state index is 0.130. The molecule has 2 fully saturated rings. The van der Waals surface area contributed by atoms with Crippen LogP contribution in [-0.4, -0.2) is 73.0 Å². The van der Waals surface area contributed by atoms with Crippen molar-refractivity contribution in [3.63, 3.8) is 0 Å². The van der Waals surface area contributed by atoms with Gasteiger partial charge in [-0.2, -0.15) is 0 Å². The summed E-state index contributed by atoms with van der Waals surface area (Å²) in [6.07, 6.45) is 2.44. The molecule has 5 nitrogen and oxygen atoms in total. The minimum atomic E-state index is 0.130. The molecule has 2 aromatic carbocycles. The number of hydrogen-bond acceptors (Lipinski definition) is 4. The molecule has 5 heteroatoms. The van der Waals surface area contributed by atoms with Crippen molar-refractivity contribution in [2.24, 2.45) is 0 Å². The van der Waals surface area contributed by atoms with Crippen molar-refractivity contribution in [3.05, 3.63) is 65.7 Å². The number of rotatable bonds is 5. The average molecular weight is 394 g/mol. The second-order valence-corrected chi connectivity index (χ2v) is 8.05. The van der Waals surface area contributed by atoms with Crippen molar-refractivity contribution in [1.29, 1.82) is 0 Å². The molecule has 29 heavy (non-hydrogen) atoms. The van der Waals surface area contributed by atoms with Crippen LogP contribution in [0.3, 0.4) is 0 Å². The fraction of sp³-hybridized carbons (Fsp3) is 0.458. The van der Waals surface area contributed by atoms with E-state index < -0.39 is 0 Å². The molecular weight excluding hydrogens is 362 g/mol. The van der Waals surface area contributed by atoms with E-state index in [2.05, 4.69) is 40.1 Å². The fourth-order valence-corrected chi connectivity index (χ4v) is 4.49. The summed E-state index contributed by atoms with van der Waals surface area (Å²) in [6, 6.07) is 18.8. The van der Waals surface area contributed by atoms with E-state index in [0.29, 0.717) is 6.04 Å². The summed E-state index contributed by atoms with van der Waals surface area (Å²) >= 11 is 0. The third-order valence-electron chi connectivity index (χ3n) is 6.26. The third-order valence-corrected chi connectivity index (χ3v) is 6.26. The van der Waals surface area contributed by atoms with Crippen LogP contribution in [0.1, 0.15) is 28.8 Å². The zero-order valence-corrected chi connectivity index (χ0v) is 17.3. The zero-order valence-electron chi connectivity index (χ0n) is 17.3. The van der Waals surface area contributed by atoms with Crippen LogP contribution in [-0.2, 0) is 6.54 Å². The van der Waals surface area contributed by atoms with Crippen LogP contribution in [0.2, 0.25) is 0 Å². The van der Waals surface area contributed by atoms with E-state index in [9.17, 15) is 4.79 Å². The molecule has 2 aliphatic heterocycles. The number of carbonyl (C=O) groups is 1. The van der Waals surface area contributed by atoms with Gasteiger partial charge in [0.15, 0.2) is 0 Å². The smallest absolute Gasteiger partial charge is 0.253 e. The monoisotopic (exact) mass is 393 g/mol. The first-order valence-corrected chi connectivity index (χ1v) is 10.7. The Morgan fingerprint density at radius 2 is 1.55 bits per heavy atom. The van der Waals surface area contributed by atoms with Gasteiger partial charge in [0, 0.05) is 44.3 Å².